The minimum Gasteiger partial charge on any atom is -0.166 e. The number of rotatable bonds is 1. The molecule has 0 radical (unpaired) electrons. The van der Waals surface area contributed by atoms with Crippen LogP contribution in [0.5, 0.6) is 0 Å². The molecule has 1 aromatic carbocycles. The minimum absolute atomic E-state index is 0.0783. The van der Waals surface area contributed by atoms with E-state index >= 15 is 0 Å². The molecule has 1 fully saturated rings. The zero-order valence-corrected chi connectivity index (χ0v) is 10.3. The molecule has 17 heavy (non-hydrogen) atoms. The molecule has 0 saturated heterocycles. The van der Waals surface area contributed by atoms with Crippen LogP contribution in [-0.4, -0.2) is 5.38 Å². The van der Waals surface area contributed by atoms with Crippen LogP contribution in [0.2, 0.25) is 0 Å². The Morgan fingerprint density at radius 2 is 2.06 bits per heavy atom. The molecule has 4 heteroatoms. The number of benzene rings is 1. The minimum atomic E-state index is -4.27. The second kappa shape index (κ2) is 4.20. The van der Waals surface area contributed by atoms with Crippen LogP contribution in [0.1, 0.15) is 37.3 Å². The van der Waals surface area contributed by atoms with Crippen LogP contribution in [0.4, 0.5) is 13.2 Å². The summed E-state index contributed by atoms with van der Waals surface area (Å²) >= 11 is 6.05. The highest BCUT2D eigenvalue weighted by Crippen LogP contribution is 2.44. The predicted octanol–water partition coefficient (Wildman–Crippen LogP) is 4.75. The molecule has 1 saturated carbocycles. The van der Waals surface area contributed by atoms with Crippen LogP contribution in [0, 0.1) is 0 Å². The number of alkyl halides is 4. The molecule has 0 amide bonds. The first kappa shape index (κ1) is 12.7. The maximum Gasteiger partial charge on any atom is 0.416 e. The molecule has 2 atom stereocenters. The monoisotopic (exact) mass is 262 g/mol. The van der Waals surface area contributed by atoms with Crippen LogP contribution >= 0.6 is 11.6 Å². The molecule has 0 aliphatic heterocycles. The van der Waals surface area contributed by atoms with Gasteiger partial charge >= 0.3 is 6.18 Å². The SMILES string of the molecule is CC1(c2cccc(C(F)(F)F)c2)CCC(Cl)C1. The van der Waals surface area contributed by atoms with Crippen molar-refractivity contribution in [1.82, 2.24) is 0 Å². The van der Waals surface area contributed by atoms with Gasteiger partial charge in [-0.05, 0) is 36.3 Å². The quantitative estimate of drug-likeness (QED) is 0.641. The van der Waals surface area contributed by atoms with Crippen LogP contribution in [-0.2, 0) is 11.6 Å². The molecule has 2 rings (SSSR count). The van der Waals surface area contributed by atoms with Gasteiger partial charge in [-0.15, -0.1) is 11.6 Å². The molecule has 0 bridgehead atoms. The fourth-order valence-electron chi connectivity index (χ4n) is 2.50. The fraction of sp³-hybridized carbons (Fsp3) is 0.538. The second-order valence-electron chi connectivity index (χ2n) is 4.98. The third-order valence-corrected chi connectivity index (χ3v) is 3.94. The third kappa shape index (κ3) is 2.59. The van der Waals surface area contributed by atoms with Gasteiger partial charge in [0, 0.05) is 5.38 Å². The summed E-state index contributed by atoms with van der Waals surface area (Å²) in [7, 11) is 0. The van der Waals surface area contributed by atoms with E-state index in [2.05, 4.69) is 0 Å². The van der Waals surface area contributed by atoms with Gasteiger partial charge in [0.25, 0.3) is 0 Å². The van der Waals surface area contributed by atoms with E-state index in [0.29, 0.717) is 0 Å². The van der Waals surface area contributed by atoms with E-state index < -0.39 is 11.7 Å². The summed E-state index contributed by atoms with van der Waals surface area (Å²) in [4.78, 5) is 0. The lowest BCUT2D eigenvalue weighted by Crippen LogP contribution is -2.19. The first-order valence-electron chi connectivity index (χ1n) is 5.63. The lowest BCUT2D eigenvalue weighted by molar-refractivity contribution is -0.137. The summed E-state index contributed by atoms with van der Waals surface area (Å²) in [5.74, 6) is 0. The topological polar surface area (TPSA) is 0 Å². The summed E-state index contributed by atoms with van der Waals surface area (Å²) in [6.45, 7) is 1.99. The van der Waals surface area contributed by atoms with E-state index in [9.17, 15) is 13.2 Å². The van der Waals surface area contributed by atoms with Gasteiger partial charge in [0.15, 0.2) is 0 Å². The van der Waals surface area contributed by atoms with E-state index in [1.165, 1.54) is 12.1 Å². The molecule has 0 spiro atoms. The summed E-state index contributed by atoms with van der Waals surface area (Å²) in [5, 5.41) is 0.0783. The van der Waals surface area contributed by atoms with Crippen molar-refractivity contribution in [3.05, 3.63) is 35.4 Å². The highest BCUT2D eigenvalue weighted by atomic mass is 35.5. The number of hydrogen-bond donors (Lipinski definition) is 0. The lowest BCUT2D eigenvalue weighted by Gasteiger charge is -2.25. The molecule has 0 heterocycles. The molecule has 2 unspecified atom stereocenters. The van der Waals surface area contributed by atoms with E-state index in [0.717, 1.165) is 30.9 Å². The van der Waals surface area contributed by atoms with Crippen molar-refractivity contribution in [2.24, 2.45) is 0 Å². The molecular weight excluding hydrogens is 249 g/mol. The predicted molar refractivity (Wildman–Crippen MR) is 62.3 cm³/mol. The Kier molecular flexibility index (Phi) is 3.15. The van der Waals surface area contributed by atoms with E-state index in [1.807, 2.05) is 6.92 Å². The van der Waals surface area contributed by atoms with Gasteiger partial charge in [0.05, 0.1) is 5.56 Å². The summed E-state index contributed by atoms with van der Waals surface area (Å²) in [5.41, 5.74) is -0.0436. The Morgan fingerprint density at radius 1 is 1.35 bits per heavy atom. The van der Waals surface area contributed by atoms with Crippen molar-refractivity contribution in [2.75, 3.05) is 0 Å². The third-order valence-electron chi connectivity index (χ3n) is 3.57. The van der Waals surface area contributed by atoms with Crippen molar-refractivity contribution < 1.29 is 13.2 Å². The molecule has 0 nitrogen and oxygen atoms in total. The zero-order chi connectivity index (χ0) is 12.7. The molecular formula is C13H14ClF3. The summed E-state index contributed by atoms with van der Waals surface area (Å²) in [6.07, 6.45) is -1.81. The molecule has 1 aliphatic carbocycles. The van der Waals surface area contributed by atoms with E-state index in [1.54, 1.807) is 6.07 Å². The maximum absolute atomic E-state index is 12.6. The van der Waals surface area contributed by atoms with Gasteiger partial charge in [0.2, 0.25) is 0 Å². The van der Waals surface area contributed by atoms with Crippen molar-refractivity contribution in [2.45, 2.75) is 43.2 Å². The molecule has 0 aromatic heterocycles. The van der Waals surface area contributed by atoms with Crippen LogP contribution < -0.4 is 0 Å². The molecule has 1 aromatic rings. The van der Waals surface area contributed by atoms with Crippen molar-refractivity contribution in [3.8, 4) is 0 Å². The van der Waals surface area contributed by atoms with Crippen molar-refractivity contribution >= 4 is 11.6 Å². The van der Waals surface area contributed by atoms with Gasteiger partial charge in [-0.3, -0.25) is 0 Å². The fourth-order valence-corrected chi connectivity index (χ4v) is 2.95. The number of halogens is 4. The first-order valence-corrected chi connectivity index (χ1v) is 6.07. The highest BCUT2D eigenvalue weighted by Gasteiger charge is 2.37. The molecule has 94 valence electrons. The zero-order valence-electron chi connectivity index (χ0n) is 9.52. The van der Waals surface area contributed by atoms with Gasteiger partial charge in [-0.2, -0.15) is 13.2 Å². The standard InChI is InChI=1S/C13H14ClF3/c1-12(6-5-11(14)8-12)9-3-2-4-10(7-9)13(15,16)17/h2-4,7,11H,5-6,8H2,1H3. The van der Waals surface area contributed by atoms with Crippen molar-refractivity contribution in [3.63, 3.8) is 0 Å². The second-order valence-corrected chi connectivity index (χ2v) is 5.60. The Morgan fingerprint density at radius 3 is 2.59 bits per heavy atom. The first-order chi connectivity index (χ1) is 7.81. The average Bonchev–Trinajstić information content (AvgIpc) is 2.59. The Labute approximate surface area is 104 Å². The Bertz CT molecular complexity index is 413. The summed E-state index contributed by atoms with van der Waals surface area (Å²) in [6, 6.07) is 5.62. The highest BCUT2D eigenvalue weighted by molar-refractivity contribution is 6.20. The van der Waals surface area contributed by atoms with Crippen LogP contribution in [0.25, 0.3) is 0 Å². The van der Waals surface area contributed by atoms with E-state index in [-0.39, 0.29) is 10.8 Å². The normalized spacial score (nSPS) is 29.6. The van der Waals surface area contributed by atoms with Gasteiger partial charge in [-0.1, -0.05) is 25.1 Å². The van der Waals surface area contributed by atoms with Crippen LogP contribution in [0.15, 0.2) is 24.3 Å². The average molecular weight is 263 g/mol. The van der Waals surface area contributed by atoms with Gasteiger partial charge in [-0.25, -0.2) is 0 Å². The number of hydrogen-bond acceptors (Lipinski definition) is 0. The van der Waals surface area contributed by atoms with Crippen molar-refractivity contribution in [1.29, 1.82) is 0 Å². The lowest BCUT2D eigenvalue weighted by atomic mass is 9.80. The van der Waals surface area contributed by atoms with Crippen LogP contribution in [0.3, 0.4) is 0 Å². The van der Waals surface area contributed by atoms with Gasteiger partial charge in [0.1, 0.15) is 0 Å². The van der Waals surface area contributed by atoms with Gasteiger partial charge < -0.3 is 0 Å². The van der Waals surface area contributed by atoms with E-state index in [4.69, 9.17) is 11.6 Å². The smallest absolute Gasteiger partial charge is 0.166 e. The summed E-state index contributed by atoms with van der Waals surface area (Å²) < 4.78 is 37.9. The molecule has 0 N–H and O–H groups in total. The largest absolute Gasteiger partial charge is 0.416 e. The molecule has 1 aliphatic rings. The maximum atomic E-state index is 12.6. The Hall–Kier alpha value is -0.700. The Balaban J connectivity index is 2.34.